The van der Waals surface area contributed by atoms with E-state index in [2.05, 4.69) is 4.98 Å². The number of hydrogen-bond donors (Lipinski definition) is 1. The van der Waals surface area contributed by atoms with Gasteiger partial charge in [0.2, 0.25) is 5.91 Å². The average Bonchev–Trinajstić information content (AvgIpc) is 3.18. The summed E-state index contributed by atoms with van der Waals surface area (Å²) in [5.41, 5.74) is 0.660. The first-order valence-electron chi connectivity index (χ1n) is 7.07. The second-order valence-corrected chi connectivity index (χ2v) is 6.95. The number of nitrogens with one attached hydrogen (secondary N) is 1. The third-order valence-electron chi connectivity index (χ3n) is 3.72. The maximum absolute atomic E-state index is 12.3. The summed E-state index contributed by atoms with van der Waals surface area (Å²) in [6.45, 7) is 2.30. The highest BCUT2D eigenvalue weighted by molar-refractivity contribution is 7.16. The van der Waals surface area contributed by atoms with Gasteiger partial charge in [0.15, 0.2) is 0 Å². The Bertz CT molecular complexity index is 660. The van der Waals surface area contributed by atoms with E-state index in [1.807, 2.05) is 17.0 Å². The molecule has 3 heterocycles. The van der Waals surface area contributed by atoms with Crippen molar-refractivity contribution in [1.82, 2.24) is 14.8 Å². The van der Waals surface area contributed by atoms with Gasteiger partial charge in [-0.2, -0.15) is 0 Å². The summed E-state index contributed by atoms with van der Waals surface area (Å²) >= 11 is 7.31. The molecule has 22 heavy (non-hydrogen) atoms. The summed E-state index contributed by atoms with van der Waals surface area (Å²) in [5.74, 6) is 0.102. The van der Waals surface area contributed by atoms with Crippen LogP contribution in [0.2, 0.25) is 4.34 Å². The summed E-state index contributed by atoms with van der Waals surface area (Å²) in [6.07, 6.45) is 3.81. The van der Waals surface area contributed by atoms with Crippen LogP contribution in [0.15, 0.2) is 30.6 Å². The van der Waals surface area contributed by atoms with Gasteiger partial charge in [0.25, 0.3) is 5.91 Å². The fourth-order valence-electron chi connectivity index (χ4n) is 2.51. The van der Waals surface area contributed by atoms with Crippen molar-refractivity contribution in [1.29, 1.82) is 0 Å². The zero-order valence-electron chi connectivity index (χ0n) is 11.9. The van der Waals surface area contributed by atoms with E-state index in [9.17, 15) is 9.59 Å². The van der Waals surface area contributed by atoms with Crippen LogP contribution >= 0.6 is 22.9 Å². The van der Waals surface area contributed by atoms with Crippen molar-refractivity contribution in [2.24, 2.45) is 0 Å². The number of halogens is 1. The molecule has 1 fully saturated rings. The molecule has 116 valence electrons. The summed E-state index contributed by atoms with van der Waals surface area (Å²) < 4.78 is 0.699. The largest absolute Gasteiger partial charge is 0.367 e. The molecule has 1 aliphatic rings. The van der Waals surface area contributed by atoms with Crippen LogP contribution in [-0.4, -0.2) is 52.8 Å². The van der Waals surface area contributed by atoms with E-state index < -0.39 is 0 Å². The Morgan fingerprint density at radius 3 is 2.45 bits per heavy atom. The average molecular weight is 338 g/mol. The molecule has 1 saturated heterocycles. The van der Waals surface area contributed by atoms with Crippen molar-refractivity contribution in [2.45, 2.75) is 6.42 Å². The van der Waals surface area contributed by atoms with E-state index in [1.54, 1.807) is 23.4 Å². The normalized spacial score (nSPS) is 15.1. The molecule has 2 amide bonds. The molecule has 2 aromatic rings. The van der Waals surface area contributed by atoms with Gasteiger partial charge < -0.3 is 14.8 Å². The molecule has 0 aromatic carbocycles. The second-order valence-electron chi connectivity index (χ2n) is 5.16. The molecular formula is C15H16ClN3O2S. The quantitative estimate of drug-likeness (QED) is 0.934. The van der Waals surface area contributed by atoms with Crippen LogP contribution in [0.4, 0.5) is 0 Å². The Hall–Kier alpha value is -1.79. The second kappa shape index (κ2) is 6.54. The lowest BCUT2D eigenvalue weighted by atomic mass is 10.2. The molecule has 0 bridgehead atoms. The number of aromatic amines is 1. The van der Waals surface area contributed by atoms with Crippen LogP contribution in [0, 0.1) is 0 Å². The van der Waals surface area contributed by atoms with Crippen LogP contribution in [-0.2, 0) is 11.2 Å². The van der Waals surface area contributed by atoms with Gasteiger partial charge in [0.05, 0.1) is 16.3 Å². The molecule has 1 N–H and O–H groups in total. The fraction of sp³-hybridized carbons (Fsp3) is 0.333. The summed E-state index contributed by atoms with van der Waals surface area (Å²) in [7, 11) is 0. The summed E-state index contributed by atoms with van der Waals surface area (Å²) in [4.78, 5) is 31.9. The molecule has 0 radical (unpaired) electrons. The predicted octanol–water partition coefficient (Wildman–Crippen LogP) is 2.26. The van der Waals surface area contributed by atoms with Crippen LogP contribution < -0.4 is 0 Å². The standard InChI is InChI=1S/C15H16ClN3O2S/c16-13-2-1-12(22-13)9-14(20)18-5-7-19(8-6-18)15(21)11-3-4-17-10-11/h1-4,10,17H,5-9H2. The van der Waals surface area contributed by atoms with E-state index in [0.717, 1.165) is 4.88 Å². The summed E-state index contributed by atoms with van der Waals surface area (Å²) in [6, 6.07) is 5.46. The molecule has 2 aromatic heterocycles. The van der Waals surface area contributed by atoms with Crippen molar-refractivity contribution in [3.8, 4) is 0 Å². The number of hydrogen-bond acceptors (Lipinski definition) is 3. The third-order valence-corrected chi connectivity index (χ3v) is 4.95. The van der Waals surface area contributed by atoms with Crippen molar-refractivity contribution >= 4 is 34.8 Å². The van der Waals surface area contributed by atoms with Crippen LogP contribution in [0.5, 0.6) is 0 Å². The molecular weight excluding hydrogens is 322 g/mol. The Kier molecular flexibility index (Phi) is 4.49. The van der Waals surface area contributed by atoms with Gasteiger partial charge in [-0.3, -0.25) is 9.59 Å². The third kappa shape index (κ3) is 3.34. The van der Waals surface area contributed by atoms with Crippen LogP contribution in [0.1, 0.15) is 15.2 Å². The zero-order valence-corrected chi connectivity index (χ0v) is 13.5. The molecule has 0 atom stereocenters. The van der Waals surface area contributed by atoms with Crippen LogP contribution in [0.25, 0.3) is 0 Å². The summed E-state index contributed by atoms with van der Waals surface area (Å²) in [5, 5.41) is 0. The van der Waals surface area contributed by atoms with Crippen molar-refractivity contribution < 1.29 is 9.59 Å². The number of H-pyrrole nitrogens is 1. The number of thiophene rings is 1. The van der Waals surface area contributed by atoms with E-state index >= 15 is 0 Å². The van der Waals surface area contributed by atoms with Crippen molar-refractivity contribution in [2.75, 3.05) is 26.2 Å². The van der Waals surface area contributed by atoms with E-state index in [1.165, 1.54) is 11.3 Å². The molecule has 7 heteroatoms. The molecule has 5 nitrogen and oxygen atoms in total. The molecule has 0 saturated carbocycles. The number of rotatable bonds is 3. The minimum atomic E-state index is 0.0124. The van der Waals surface area contributed by atoms with E-state index in [4.69, 9.17) is 11.6 Å². The number of carbonyl (C=O) groups excluding carboxylic acids is 2. The van der Waals surface area contributed by atoms with Crippen LogP contribution in [0.3, 0.4) is 0 Å². The fourth-order valence-corrected chi connectivity index (χ4v) is 3.58. The number of piperazine rings is 1. The van der Waals surface area contributed by atoms with Gasteiger partial charge in [-0.1, -0.05) is 11.6 Å². The molecule has 0 unspecified atom stereocenters. The van der Waals surface area contributed by atoms with Gasteiger partial charge in [-0.15, -0.1) is 11.3 Å². The minimum absolute atomic E-state index is 0.0124. The minimum Gasteiger partial charge on any atom is -0.367 e. The highest BCUT2D eigenvalue weighted by Crippen LogP contribution is 2.22. The molecule has 0 aliphatic carbocycles. The number of aromatic nitrogens is 1. The predicted molar refractivity (Wildman–Crippen MR) is 86.3 cm³/mol. The maximum Gasteiger partial charge on any atom is 0.255 e. The number of carbonyl (C=O) groups is 2. The Balaban J connectivity index is 1.53. The topological polar surface area (TPSA) is 56.4 Å². The Morgan fingerprint density at radius 2 is 1.86 bits per heavy atom. The zero-order chi connectivity index (χ0) is 15.5. The maximum atomic E-state index is 12.3. The smallest absolute Gasteiger partial charge is 0.255 e. The van der Waals surface area contributed by atoms with Crippen molar-refractivity contribution in [3.63, 3.8) is 0 Å². The highest BCUT2D eigenvalue weighted by Gasteiger charge is 2.25. The highest BCUT2D eigenvalue weighted by atomic mass is 35.5. The Labute approximate surface area is 137 Å². The molecule has 3 rings (SSSR count). The number of amides is 2. The van der Waals surface area contributed by atoms with Gasteiger partial charge in [-0.05, 0) is 18.2 Å². The lowest BCUT2D eigenvalue weighted by Crippen LogP contribution is -2.50. The van der Waals surface area contributed by atoms with Gasteiger partial charge in [-0.25, -0.2) is 0 Å². The van der Waals surface area contributed by atoms with Crippen molar-refractivity contribution in [3.05, 3.63) is 45.4 Å². The monoisotopic (exact) mass is 337 g/mol. The van der Waals surface area contributed by atoms with Gasteiger partial charge in [0, 0.05) is 43.4 Å². The first kappa shape index (κ1) is 15.1. The lowest BCUT2D eigenvalue weighted by Gasteiger charge is -2.34. The SMILES string of the molecule is O=C(Cc1ccc(Cl)s1)N1CCN(C(=O)c2cc[nH]c2)CC1. The Morgan fingerprint density at radius 1 is 1.14 bits per heavy atom. The first-order valence-corrected chi connectivity index (χ1v) is 8.27. The van der Waals surface area contributed by atoms with E-state index in [0.29, 0.717) is 42.5 Å². The number of nitrogens with zero attached hydrogens (tertiary/aromatic N) is 2. The molecule has 0 spiro atoms. The molecule has 1 aliphatic heterocycles. The van der Waals surface area contributed by atoms with Gasteiger partial charge in [0.1, 0.15) is 0 Å². The lowest BCUT2D eigenvalue weighted by molar-refractivity contribution is -0.131. The first-order chi connectivity index (χ1) is 10.6. The van der Waals surface area contributed by atoms with Gasteiger partial charge >= 0.3 is 0 Å². The van der Waals surface area contributed by atoms with E-state index in [-0.39, 0.29) is 11.8 Å².